The lowest BCUT2D eigenvalue weighted by molar-refractivity contribution is -0.384. The first-order valence-corrected chi connectivity index (χ1v) is 7.60. The van der Waals surface area contributed by atoms with Gasteiger partial charge >= 0.3 is 0 Å². The number of benzene rings is 1. The molecule has 0 aliphatic heterocycles. The fourth-order valence-electron chi connectivity index (χ4n) is 1.64. The normalized spacial score (nSPS) is 11.8. The number of nitro groups is 1. The maximum absolute atomic E-state index is 12.3. The SMILES string of the molecule is CCCN(CC)S(=O)(=O)c1ccc(Cl)c([N+](=O)[O-])c1. The number of hydrogen-bond donors (Lipinski definition) is 0. The lowest BCUT2D eigenvalue weighted by atomic mass is 10.3. The second-order valence-corrected chi connectivity index (χ2v) is 6.21. The van der Waals surface area contributed by atoms with Crippen LogP contribution < -0.4 is 0 Å². The van der Waals surface area contributed by atoms with E-state index in [1.54, 1.807) is 6.92 Å². The Labute approximate surface area is 117 Å². The summed E-state index contributed by atoms with van der Waals surface area (Å²) < 4.78 is 25.9. The molecule has 19 heavy (non-hydrogen) atoms. The molecular weight excluding hydrogens is 292 g/mol. The van der Waals surface area contributed by atoms with E-state index in [0.717, 1.165) is 6.07 Å². The molecule has 106 valence electrons. The van der Waals surface area contributed by atoms with Crippen molar-refractivity contribution in [2.45, 2.75) is 25.2 Å². The van der Waals surface area contributed by atoms with E-state index in [2.05, 4.69) is 0 Å². The summed E-state index contributed by atoms with van der Waals surface area (Å²) in [6, 6.07) is 3.51. The van der Waals surface area contributed by atoms with Crippen molar-refractivity contribution < 1.29 is 13.3 Å². The largest absolute Gasteiger partial charge is 0.289 e. The summed E-state index contributed by atoms with van der Waals surface area (Å²) >= 11 is 5.67. The first kappa shape index (κ1) is 15.9. The maximum atomic E-state index is 12.3. The van der Waals surface area contributed by atoms with Crippen LogP contribution in [0.2, 0.25) is 5.02 Å². The van der Waals surface area contributed by atoms with Gasteiger partial charge in [0.2, 0.25) is 10.0 Å². The number of nitro benzene ring substituents is 1. The first-order valence-electron chi connectivity index (χ1n) is 5.78. The highest BCUT2D eigenvalue weighted by molar-refractivity contribution is 7.89. The number of hydrogen-bond acceptors (Lipinski definition) is 4. The Morgan fingerprint density at radius 2 is 2.00 bits per heavy atom. The van der Waals surface area contributed by atoms with Crippen LogP contribution in [0.5, 0.6) is 0 Å². The van der Waals surface area contributed by atoms with Crippen LogP contribution in [0.3, 0.4) is 0 Å². The van der Waals surface area contributed by atoms with E-state index in [4.69, 9.17) is 11.6 Å². The third-order valence-electron chi connectivity index (χ3n) is 2.58. The summed E-state index contributed by atoms with van der Waals surface area (Å²) in [6.07, 6.45) is 0.669. The molecule has 0 heterocycles. The summed E-state index contributed by atoms with van der Waals surface area (Å²) in [4.78, 5) is 9.97. The fourth-order valence-corrected chi connectivity index (χ4v) is 3.39. The topological polar surface area (TPSA) is 80.5 Å². The van der Waals surface area contributed by atoms with Gasteiger partial charge in [0.05, 0.1) is 9.82 Å². The number of sulfonamides is 1. The van der Waals surface area contributed by atoms with Crippen LogP contribution in [0.4, 0.5) is 5.69 Å². The highest BCUT2D eigenvalue weighted by Gasteiger charge is 2.25. The summed E-state index contributed by atoms with van der Waals surface area (Å²) in [5.74, 6) is 0. The molecule has 0 radical (unpaired) electrons. The van der Waals surface area contributed by atoms with Crippen LogP contribution in [0.15, 0.2) is 23.1 Å². The molecule has 0 aliphatic rings. The molecular formula is C11H15ClN2O4S. The van der Waals surface area contributed by atoms with Gasteiger partial charge in [-0.1, -0.05) is 25.4 Å². The molecule has 1 aromatic carbocycles. The highest BCUT2D eigenvalue weighted by atomic mass is 35.5. The van der Waals surface area contributed by atoms with Gasteiger partial charge in [-0.25, -0.2) is 8.42 Å². The molecule has 0 aliphatic carbocycles. The van der Waals surface area contributed by atoms with Crippen molar-refractivity contribution in [1.29, 1.82) is 0 Å². The van der Waals surface area contributed by atoms with Crippen molar-refractivity contribution in [1.82, 2.24) is 4.31 Å². The third kappa shape index (κ3) is 3.43. The number of halogens is 1. The molecule has 0 saturated carbocycles. The quantitative estimate of drug-likeness (QED) is 0.597. The van der Waals surface area contributed by atoms with Gasteiger partial charge in [-0.3, -0.25) is 10.1 Å². The van der Waals surface area contributed by atoms with E-state index in [-0.39, 0.29) is 9.92 Å². The van der Waals surface area contributed by atoms with Crippen molar-refractivity contribution in [3.05, 3.63) is 33.3 Å². The van der Waals surface area contributed by atoms with Crippen LogP contribution in [0, 0.1) is 10.1 Å². The summed E-state index contributed by atoms with van der Waals surface area (Å²) in [5, 5.41) is 10.7. The zero-order valence-electron chi connectivity index (χ0n) is 10.7. The molecule has 0 bridgehead atoms. The van der Waals surface area contributed by atoms with Crippen molar-refractivity contribution in [2.75, 3.05) is 13.1 Å². The van der Waals surface area contributed by atoms with Crippen molar-refractivity contribution in [3.63, 3.8) is 0 Å². The first-order chi connectivity index (χ1) is 8.84. The number of rotatable bonds is 6. The second-order valence-electron chi connectivity index (χ2n) is 3.87. The lowest BCUT2D eigenvalue weighted by Gasteiger charge is -2.19. The summed E-state index contributed by atoms with van der Waals surface area (Å²) in [6.45, 7) is 4.27. The Morgan fingerprint density at radius 1 is 1.37 bits per heavy atom. The standard InChI is InChI=1S/C11H15ClN2O4S/c1-3-7-13(4-2)19(17,18)9-5-6-10(12)11(8-9)14(15)16/h5-6,8H,3-4,7H2,1-2H3. The minimum absolute atomic E-state index is 0.0810. The summed E-state index contributed by atoms with van der Waals surface area (Å²) in [5.41, 5.74) is -0.407. The number of nitrogens with zero attached hydrogens (tertiary/aromatic N) is 2. The van der Waals surface area contributed by atoms with Gasteiger partial charge in [-0.15, -0.1) is 0 Å². The zero-order valence-corrected chi connectivity index (χ0v) is 12.2. The van der Waals surface area contributed by atoms with Gasteiger partial charge in [0.25, 0.3) is 5.69 Å². The van der Waals surface area contributed by atoms with E-state index in [1.807, 2.05) is 6.92 Å². The molecule has 0 fully saturated rings. The Morgan fingerprint density at radius 3 is 2.47 bits per heavy atom. The molecule has 6 nitrogen and oxygen atoms in total. The molecule has 8 heteroatoms. The van der Waals surface area contributed by atoms with Crippen LogP contribution >= 0.6 is 11.6 Å². The van der Waals surface area contributed by atoms with E-state index in [0.29, 0.717) is 19.5 Å². The van der Waals surface area contributed by atoms with Gasteiger partial charge in [-0.05, 0) is 18.6 Å². The van der Waals surface area contributed by atoms with E-state index < -0.39 is 20.6 Å². The Bertz CT molecular complexity index is 574. The van der Waals surface area contributed by atoms with E-state index in [1.165, 1.54) is 16.4 Å². The predicted molar refractivity (Wildman–Crippen MR) is 72.8 cm³/mol. The van der Waals surface area contributed by atoms with Gasteiger partial charge < -0.3 is 0 Å². The Hall–Kier alpha value is -1.18. The van der Waals surface area contributed by atoms with Crippen LogP contribution in [-0.4, -0.2) is 30.7 Å². The van der Waals surface area contributed by atoms with Crippen LogP contribution in [0.1, 0.15) is 20.3 Å². The summed E-state index contributed by atoms with van der Waals surface area (Å²) in [7, 11) is -3.72. The zero-order chi connectivity index (χ0) is 14.6. The molecule has 1 rings (SSSR count). The molecule has 0 atom stereocenters. The molecule has 0 spiro atoms. The van der Waals surface area contributed by atoms with Crippen molar-refractivity contribution in [2.24, 2.45) is 0 Å². The average Bonchev–Trinajstić information content (AvgIpc) is 2.35. The average molecular weight is 307 g/mol. The highest BCUT2D eigenvalue weighted by Crippen LogP contribution is 2.28. The lowest BCUT2D eigenvalue weighted by Crippen LogP contribution is -2.31. The van der Waals surface area contributed by atoms with Gasteiger partial charge in [-0.2, -0.15) is 4.31 Å². The molecule has 1 aromatic rings. The van der Waals surface area contributed by atoms with Crippen LogP contribution in [-0.2, 0) is 10.0 Å². The predicted octanol–water partition coefficient (Wildman–Crippen LogP) is 2.67. The molecule has 0 unspecified atom stereocenters. The minimum Gasteiger partial charge on any atom is -0.258 e. The Balaban J connectivity index is 3.29. The monoisotopic (exact) mass is 306 g/mol. The maximum Gasteiger partial charge on any atom is 0.289 e. The van der Waals surface area contributed by atoms with Gasteiger partial charge in [0.15, 0.2) is 0 Å². The molecule has 0 amide bonds. The molecule has 0 saturated heterocycles. The van der Waals surface area contributed by atoms with Crippen LogP contribution in [0.25, 0.3) is 0 Å². The third-order valence-corrected chi connectivity index (χ3v) is 4.87. The molecule has 0 aromatic heterocycles. The van der Waals surface area contributed by atoms with Crippen molar-refractivity contribution in [3.8, 4) is 0 Å². The van der Waals surface area contributed by atoms with E-state index in [9.17, 15) is 18.5 Å². The Kier molecular flexibility index (Phi) is 5.28. The second kappa shape index (κ2) is 6.31. The fraction of sp³-hybridized carbons (Fsp3) is 0.455. The smallest absolute Gasteiger partial charge is 0.258 e. The van der Waals surface area contributed by atoms with Gasteiger partial charge in [0.1, 0.15) is 5.02 Å². The van der Waals surface area contributed by atoms with Gasteiger partial charge in [0, 0.05) is 19.2 Å². The minimum atomic E-state index is -3.72. The molecule has 0 N–H and O–H groups in total. The van der Waals surface area contributed by atoms with E-state index >= 15 is 0 Å². The van der Waals surface area contributed by atoms with Crippen molar-refractivity contribution >= 4 is 27.3 Å².